The summed E-state index contributed by atoms with van der Waals surface area (Å²) in [6.07, 6.45) is 2.56. The van der Waals surface area contributed by atoms with Gasteiger partial charge in [0.15, 0.2) is 16.3 Å². The van der Waals surface area contributed by atoms with Gasteiger partial charge in [0.2, 0.25) is 5.69 Å². The van der Waals surface area contributed by atoms with Crippen LogP contribution in [-0.4, -0.2) is 36.2 Å². The Hall–Kier alpha value is -4.22. The van der Waals surface area contributed by atoms with E-state index in [1.54, 1.807) is 55.6 Å². The summed E-state index contributed by atoms with van der Waals surface area (Å²) in [6, 6.07) is 13.1. The number of nitrogens with zero attached hydrogens (tertiary/aromatic N) is 5. The van der Waals surface area contributed by atoms with Crippen molar-refractivity contribution in [1.82, 2.24) is 19.6 Å². The monoisotopic (exact) mass is 513 g/mol. The summed E-state index contributed by atoms with van der Waals surface area (Å²) in [5, 5.41) is 14.5. The highest BCUT2D eigenvalue weighted by molar-refractivity contribution is 6.31. The van der Waals surface area contributed by atoms with E-state index in [4.69, 9.17) is 23.2 Å². The van der Waals surface area contributed by atoms with Crippen molar-refractivity contribution in [2.24, 2.45) is 14.1 Å². The van der Waals surface area contributed by atoms with E-state index in [1.807, 2.05) is 0 Å². The first-order valence-electron chi connectivity index (χ1n) is 10.1. The number of anilines is 3. The molecule has 11 nitrogen and oxygen atoms in total. The first-order chi connectivity index (χ1) is 16.7. The van der Waals surface area contributed by atoms with Gasteiger partial charge in [0, 0.05) is 35.5 Å². The van der Waals surface area contributed by atoms with Gasteiger partial charge in [-0.1, -0.05) is 23.2 Å². The molecule has 0 aliphatic heterocycles. The van der Waals surface area contributed by atoms with Crippen LogP contribution in [0.5, 0.6) is 0 Å². The molecule has 3 N–H and O–H groups in total. The number of benzene rings is 2. The molecule has 4 rings (SSSR count). The van der Waals surface area contributed by atoms with Crippen LogP contribution in [0.2, 0.25) is 10.0 Å². The molecule has 2 aromatic heterocycles. The largest absolute Gasteiger partial charge is 0.342 e. The number of hydrogen-bond donors (Lipinski definition) is 3. The lowest BCUT2D eigenvalue weighted by Gasteiger charge is -2.07. The maximum atomic E-state index is 13.0. The molecule has 2 amide bonds. The molecule has 35 heavy (non-hydrogen) atoms. The molecule has 0 unspecified atom stereocenters. The van der Waals surface area contributed by atoms with E-state index in [-0.39, 0.29) is 22.8 Å². The molecule has 4 aromatic rings. The summed E-state index contributed by atoms with van der Waals surface area (Å²) in [4.78, 5) is 39.1. The van der Waals surface area contributed by atoms with Crippen LogP contribution in [0.15, 0.2) is 60.9 Å². The quantitative estimate of drug-likeness (QED) is 0.248. The summed E-state index contributed by atoms with van der Waals surface area (Å²) in [6.45, 7) is 0. The van der Waals surface area contributed by atoms with Crippen LogP contribution in [0.25, 0.3) is 0 Å². The maximum absolute atomic E-state index is 13.0. The standard InChI is InChI=1S/C22H18Cl2N8O3/c1-30-19(21(33)27-15-7-3-13(23)4-8-15)17(11-25-30)29-32(35)18-12-26-31(2)20(18)22(34)28-16-9-5-14(24)6-10-16/h3-12H,1-2H3,(H2-,27,28,29,33,34,35)/p+1. The Morgan fingerprint density at radius 3 is 1.77 bits per heavy atom. The highest BCUT2D eigenvalue weighted by Gasteiger charge is 2.31. The van der Waals surface area contributed by atoms with E-state index in [2.05, 4.69) is 26.3 Å². The van der Waals surface area contributed by atoms with Crippen molar-refractivity contribution in [1.29, 1.82) is 0 Å². The summed E-state index contributed by atoms with van der Waals surface area (Å²) in [5.41, 5.74) is 3.73. The average Bonchev–Trinajstić information content (AvgIpc) is 3.39. The van der Waals surface area contributed by atoms with Gasteiger partial charge in [-0.25, -0.2) is 0 Å². The van der Waals surface area contributed by atoms with Gasteiger partial charge >= 0.3 is 5.69 Å². The number of hydrazine groups is 1. The van der Waals surface area contributed by atoms with E-state index in [0.717, 1.165) is 0 Å². The van der Waals surface area contributed by atoms with Gasteiger partial charge in [0.25, 0.3) is 11.8 Å². The van der Waals surface area contributed by atoms with Crippen molar-refractivity contribution in [3.8, 4) is 0 Å². The topological polar surface area (TPSA) is 126 Å². The molecule has 178 valence electrons. The highest BCUT2D eigenvalue weighted by atomic mass is 35.5. The van der Waals surface area contributed by atoms with Crippen molar-refractivity contribution < 1.29 is 14.5 Å². The molecular formula is C22H19Cl2N8O3+. The number of carbonyl (C=O) groups excluding carboxylic acids is 2. The van der Waals surface area contributed by atoms with Crippen LogP contribution in [0.1, 0.15) is 21.0 Å². The second-order valence-corrected chi connectivity index (χ2v) is 8.23. The first-order valence-corrected chi connectivity index (χ1v) is 10.9. The van der Waals surface area contributed by atoms with Crippen LogP contribution < -0.4 is 16.1 Å². The van der Waals surface area contributed by atoms with Crippen LogP contribution in [0.3, 0.4) is 0 Å². The molecule has 0 bridgehead atoms. The number of rotatable bonds is 7. The second-order valence-electron chi connectivity index (χ2n) is 7.36. The van der Waals surface area contributed by atoms with Gasteiger partial charge in [0.05, 0.1) is 11.1 Å². The zero-order valence-electron chi connectivity index (χ0n) is 18.5. The Bertz CT molecular complexity index is 1410. The van der Waals surface area contributed by atoms with Crippen molar-refractivity contribution >= 4 is 57.8 Å². The average molecular weight is 514 g/mol. The molecule has 0 aliphatic carbocycles. The summed E-state index contributed by atoms with van der Waals surface area (Å²) >= 11 is 11.8. The van der Waals surface area contributed by atoms with Crippen molar-refractivity contribution in [2.75, 3.05) is 16.1 Å². The fourth-order valence-corrected chi connectivity index (χ4v) is 3.50. The molecular weight excluding hydrogens is 495 g/mol. The lowest BCUT2D eigenvalue weighted by Crippen LogP contribution is -2.22. The zero-order chi connectivity index (χ0) is 25.1. The molecule has 0 atom stereocenters. The van der Waals surface area contributed by atoms with Crippen molar-refractivity contribution in [3.05, 3.63) is 87.3 Å². The predicted molar refractivity (Wildman–Crippen MR) is 132 cm³/mol. The number of carbonyl (C=O) groups is 2. The number of nitroso groups, excluding NO2 is 1. The lowest BCUT2D eigenvalue weighted by atomic mass is 10.3. The number of hydrogen-bond acceptors (Lipinski definition) is 5. The molecule has 0 saturated carbocycles. The highest BCUT2D eigenvalue weighted by Crippen LogP contribution is 2.23. The Morgan fingerprint density at radius 1 is 0.771 bits per heavy atom. The van der Waals surface area contributed by atoms with Gasteiger partial charge < -0.3 is 10.6 Å². The molecule has 0 fully saturated rings. The van der Waals surface area contributed by atoms with Gasteiger partial charge in [-0.2, -0.15) is 10.2 Å². The smallest absolute Gasteiger partial charge is 0.321 e. The number of amides is 2. The fraction of sp³-hybridized carbons (Fsp3) is 0.0909. The third-order valence-electron chi connectivity index (χ3n) is 4.93. The minimum absolute atomic E-state index is 0.00138. The Kier molecular flexibility index (Phi) is 6.80. The van der Waals surface area contributed by atoms with E-state index in [0.29, 0.717) is 26.3 Å². The zero-order valence-corrected chi connectivity index (χ0v) is 20.0. The van der Waals surface area contributed by atoms with Crippen molar-refractivity contribution in [3.63, 3.8) is 0 Å². The van der Waals surface area contributed by atoms with Gasteiger partial charge in [-0.15, -0.1) is 5.43 Å². The van der Waals surface area contributed by atoms with Gasteiger partial charge in [0.1, 0.15) is 6.20 Å². The summed E-state index contributed by atoms with van der Waals surface area (Å²) < 4.78 is 2.59. The normalized spacial score (nSPS) is 10.6. The Labute approximate surface area is 209 Å². The van der Waals surface area contributed by atoms with Crippen molar-refractivity contribution in [2.45, 2.75) is 0 Å². The lowest BCUT2D eigenvalue weighted by molar-refractivity contribution is -0.428. The van der Waals surface area contributed by atoms with Gasteiger partial charge in [-0.05, 0) is 48.5 Å². The van der Waals surface area contributed by atoms with Crippen LogP contribution in [0, 0.1) is 4.91 Å². The summed E-state index contributed by atoms with van der Waals surface area (Å²) in [7, 11) is 3.09. The number of nitrogens with one attached hydrogen (secondary N) is 3. The van der Waals surface area contributed by atoms with E-state index < -0.39 is 11.8 Å². The minimum Gasteiger partial charge on any atom is -0.321 e. The predicted octanol–water partition coefficient (Wildman–Crippen LogP) is 4.40. The molecule has 2 aromatic carbocycles. The molecule has 0 aliphatic rings. The van der Waals surface area contributed by atoms with Gasteiger partial charge in [-0.3, -0.25) is 19.0 Å². The van der Waals surface area contributed by atoms with E-state index >= 15 is 0 Å². The minimum atomic E-state index is -0.558. The molecule has 2 heterocycles. The number of aryl methyl sites for hydroxylation is 2. The molecule has 13 heteroatoms. The number of halogens is 2. The fourth-order valence-electron chi connectivity index (χ4n) is 3.24. The van der Waals surface area contributed by atoms with E-state index in [9.17, 15) is 14.5 Å². The maximum Gasteiger partial charge on any atom is 0.342 e. The second kappa shape index (κ2) is 9.95. The Morgan fingerprint density at radius 2 is 1.23 bits per heavy atom. The van der Waals surface area contributed by atoms with Crippen LogP contribution >= 0.6 is 23.2 Å². The SMILES string of the molecule is Cn1ncc(N[N+](=O)c2cnn(C)c2C(=O)Nc2ccc(Cl)cc2)c1C(=O)Nc1ccc(Cl)cc1. The Balaban J connectivity index is 1.54. The summed E-state index contributed by atoms with van der Waals surface area (Å²) in [5.74, 6) is -1.06. The molecule has 0 radical (unpaired) electrons. The number of aromatic nitrogens is 4. The first kappa shape index (κ1) is 23.9. The third kappa shape index (κ3) is 5.31. The van der Waals surface area contributed by atoms with E-state index in [1.165, 1.54) is 28.8 Å². The molecule has 0 saturated heterocycles. The molecule has 0 spiro atoms. The third-order valence-corrected chi connectivity index (χ3v) is 5.44. The van der Waals surface area contributed by atoms with Crippen LogP contribution in [0.4, 0.5) is 22.7 Å². The van der Waals surface area contributed by atoms with Crippen LogP contribution in [-0.2, 0) is 14.1 Å².